The molecule has 0 amide bonds. The molecule has 0 aliphatic heterocycles. The first-order valence-corrected chi connectivity index (χ1v) is 9.03. The number of fused-ring (bicyclic) bond motifs is 1. The molecule has 3 aromatic rings. The van der Waals surface area contributed by atoms with Crippen molar-refractivity contribution in [2.45, 2.75) is 24.2 Å². The first kappa shape index (κ1) is 19.0. The van der Waals surface area contributed by atoms with Crippen LogP contribution in [0.25, 0.3) is 10.9 Å². The largest absolute Gasteiger partial charge is 0.417 e. The van der Waals surface area contributed by atoms with Gasteiger partial charge in [-0.05, 0) is 18.2 Å². The van der Waals surface area contributed by atoms with Gasteiger partial charge in [0.15, 0.2) is 5.78 Å². The minimum Gasteiger partial charge on any atom is -0.346 e. The lowest BCUT2D eigenvalue weighted by Crippen LogP contribution is -2.06. The Hall–Kier alpha value is -2.79. The summed E-state index contributed by atoms with van der Waals surface area (Å²) in [6.07, 6.45) is -1.61. The van der Waals surface area contributed by atoms with Crippen molar-refractivity contribution >= 4 is 28.4 Å². The van der Waals surface area contributed by atoms with Crippen molar-refractivity contribution in [1.29, 1.82) is 5.26 Å². The van der Waals surface area contributed by atoms with Gasteiger partial charge in [0, 0.05) is 35.4 Å². The highest BCUT2D eigenvalue weighted by atomic mass is 32.2. The maximum Gasteiger partial charge on any atom is 0.417 e. The Bertz CT molecular complexity index is 1000. The summed E-state index contributed by atoms with van der Waals surface area (Å²) in [5.41, 5.74) is 0.579. The van der Waals surface area contributed by atoms with Gasteiger partial charge >= 0.3 is 6.18 Å². The van der Waals surface area contributed by atoms with Crippen LogP contribution in [0.4, 0.5) is 13.2 Å². The number of halogens is 3. The molecule has 2 heterocycles. The monoisotopic (exact) mass is 389 g/mol. The van der Waals surface area contributed by atoms with Gasteiger partial charge in [-0.15, -0.1) is 0 Å². The number of Topliss-reactive ketones (excluding diaryl/α,β-unsaturated/α-hetero) is 1. The van der Waals surface area contributed by atoms with E-state index in [1.54, 1.807) is 6.20 Å². The Morgan fingerprint density at radius 3 is 2.67 bits per heavy atom. The van der Waals surface area contributed by atoms with E-state index in [1.165, 1.54) is 6.07 Å². The summed E-state index contributed by atoms with van der Waals surface area (Å²) in [7, 11) is 0. The highest BCUT2D eigenvalue weighted by Gasteiger charge is 2.30. The molecule has 27 heavy (non-hydrogen) atoms. The summed E-state index contributed by atoms with van der Waals surface area (Å²) in [4.78, 5) is 16.4. The van der Waals surface area contributed by atoms with Crippen LogP contribution in [-0.2, 0) is 12.7 Å². The fourth-order valence-electron chi connectivity index (χ4n) is 2.68. The molecule has 0 radical (unpaired) electrons. The zero-order valence-corrected chi connectivity index (χ0v) is 14.8. The highest BCUT2D eigenvalue weighted by molar-refractivity contribution is 7.99. The Labute approximate surface area is 157 Å². The number of rotatable bonds is 6. The number of aryl methyl sites for hydroxylation is 1. The summed E-state index contributed by atoms with van der Waals surface area (Å²) >= 11 is 1.09. The topological polar surface area (TPSA) is 58.7 Å². The van der Waals surface area contributed by atoms with E-state index in [0.29, 0.717) is 23.6 Å². The lowest BCUT2D eigenvalue weighted by Gasteiger charge is -2.06. The van der Waals surface area contributed by atoms with Gasteiger partial charge in [0.2, 0.25) is 0 Å². The molecule has 138 valence electrons. The van der Waals surface area contributed by atoms with Gasteiger partial charge in [0.05, 0.1) is 28.8 Å². The van der Waals surface area contributed by atoms with E-state index in [9.17, 15) is 18.0 Å². The average Bonchev–Trinajstić information content (AvgIpc) is 3.03. The molecule has 0 aliphatic rings. The van der Waals surface area contributed by atoms with Crippen molar-refractivity contribution in [3.05, 3.63) is 59.9 Å². The number of benzene rings is 1. The molecule has 0 saturated heterocycles. The molecule has 2 aromatic heterocycles. The first-order chi connectivity index (χ1) is 12.9. The number of carbonyl (C=O) groups is 1. The first-order valence-electron chi connectivity index (χ1n) is 8.04. The summed E-state index contributed by atoms with van der Waals surface area (Å²) in [5.74, 6) is -0.0847. The third-order valence-electron chi connectivity index (χ3n) is 3.97. The van der Waals surface area contributed by atoms with Crippen molar-refractivity contribution in [2.75, 3.05) is 5.75 Å². The second-order valence-corrected chi connectivity index (χ2v) is 6.75. The van der Waals surface area contributed by atoms with Crippen molar-refractivity contribution in [3.63, 3.8) is 0 Å². The molecule has 1 aromatic carbocycles. The molecule has 8 heteroatoms. The second-order valence-electron chi connectivity index (χ2n) is 5.76. The Morgan fingerprint density at radius 1 is 1.22 bits per heavy atom. The van der Waals surface area contributed by atoms with E-state index in [2.05, 4.69) is 11.1 Å². The fraction of sp³-hybridized carbons (Fsp3) is 0.211. The van der Waals surface area contributed by atoms with Crippen LogP contribution in [0.3, 0.4) is 0 Å². The lowest BCUT2D eigenvalue weighted by atomic mass is 10.1. The van der Waals surface area contributed by atoms with Crippen LogP contribution in [0.2, 0.25) is 0 Å². The number of pyridine rings is 1. The summed E-state index contributed by atoms with van der Waals surface area (Å²) in [6.45, 7) is 0.484. The van der Waals surface area contributed by atoms with Gasteiger partial charge in [-0.1, -0.05) is 30.0 Å². The van der Waals surface area contributed by atoms with Crippen LogP contribution in [-0.4, -0.2) is 21.1 Å². The zero-order valence-electron chi connectivity index (χ0n) is 14.0. The number of carbonyl (C=O) groups excluding carboxylic acids is 1. The zero-order chi connectivity index (χ0) is 19.4. The number of nitriles is 1. The van der Waals surface area contributed by atoms with Gasteiger partial charge < -0.3 is 4.57 Å². The highest BCUT2D eigenvalue weighted by Crippen LogP contribution is 2.30. The van der Waals surface area contributed by atoms with Gasteiger partial charge in [-0.2, -0.15) is 18.4 Å². The number of aromatic nitrogens is 2. The van der Waals surface area contributed by atoms with Gasteiger partial charge in [-0.3, -0.25) is 4.79 Å². The average molecular weight is 389 g/mol. The van der Waals surface area contributed by atoms with Crippen LogP contribution in [0.15, 0.2) is 53.8 Å². The third kappa shape index (κ3) is 4.31. The number of alkyl halides is 3. The van der Waals surface area contributed by atoms with Crippen molar-refractivity contribution < 1.29 is 18.0 Å². The molecular formula is C19H14F3N3OS. The van der Waals surface area contributed by atoms with Crippen LogP contribution in [0.5, 0.6) is 0 Å². The minimum absolute atomic E-state index is 0.0601. The minimum atomic E-state index is -4.43. The Balaban J connectivity index is 1.76. The lowest BCUT2D eigenvalue weighted by molar-refractivity contribution is -0.137. The SMILES string of the molecule is N#CCCn1cc(C(=O)CSc2ccc(C(F)(F)F)cn2)c2ccccc21. The maximum atomic E-state index is 12.6. The number of thioether (sulfide) groups is 1. The second kappa shape index (κ2) is 7.84. The summed E-state index contributed by atoms with van der Waals surface area (Å²) in [5, 5.41) is 9.93. The standard InChI is InChI=1S/C19H14F3N3OS/c20-19(21,22)13-6-7-18(24-10-13)27-12-17(26)15-11-25(9-3-8-23)16-5-2-1-4-14(15)16/h1-2,4-7,10-11H,3,9,12H2. The smallest absolute Gasteiger partial charge is 0.346 e. The molecule has 0 N–H and O–H groups in total. The van der Waals surface area contributed by atoms with Crippen molar-refractivity contribution in [1.82, 2.24) is 9.55 Å². The third-order valence-corrected chi connectivity index (χ3v) is 4.91. The molecule has 0 atom stereocenters. The molecule has 4 nitrogen and oxygen atoms in total. The van der Waals surface area contributed by atoms with Crippen LogP contribution < -0.4 is 0 Å². The molecule has 0 unspecified atom stereocenters. The normalized spacial score (nSPS) is 11.5. The molecular weight excluding hydrogens is 375 g/mol. The van der Waals surface area contributed by atoms with E-state index in [1.807, 2.05) is 28.8 Å². The van der Waals surface area contributed by atoms with Gasteiger partial charge in [0.1, 0.15) is 0 Å². The van der Waals surface area contributed by atoms with E-state index in [-0.39, 0.29) is 11.5 Å². The summed E-state index contributed by atoms with van der Waals surface area (Å²) in [6, 6.07) is 11.7. The molecule has 0 bridgehead atoms. The van der Waals surface area contributed by atoms with E-state index in [0.717, 1.165) is 34.9 Å². The van der Waals surface area contributed by atoms with Crippen LogP contribution >= 0.6 is 11.8 Å². The maximum absolute atomic E-state index is 12.6. The van der Waals surface area contributed by atoms with E-state index in [4.69, 9.17) is 5.26 Å². The molecule has 0 spiro atoms. The van der Waals surface area contributed by atoms with E-state index < -0.39 is 11.7 Å². The number of hydrogen-bond donors (Lipinski definition) is 0. The fourth-order valence-corrected chi connectivity index (χ4v) is 3.40. The van der Waals surface area contributed by atoms with Crippen LogP contribution in [0, 0.1) is 11.3 Å². The van der Waals surface area contributed by atoms with Crippen molar-refractivity contribution in [3.8, 4) is 6.07 Å². The van der Waals surface area contributed by atoms with E-state index >= 15 is 0 Å². The molecule has 0 fully saturated rings. The molecule has 0 aliphatic carbocycles. The summed E-state index contributed by atoms with van der Waals surface area (Å²) < 4.78 is 39.6. The van der Waals surface area contributed by atoms with Gasteiger partial charge in [-0.25, -0.2) is 4.98 Å². The molecule has 3 rings (SSSR count). The Morgan fingerprint density at radius 2 is 2.00 bits per heavy atom. The quantitative estimate of drug-likeness (QED) is 0.442. The number of para-hydroxylation sites is 1. The molecule has 0 saturated carbocycles. The number of nitrogens with zero attached hydrogens (tertiary/aromatic N) is 3. The van der Waals surface area contributed by atoms with Gasteiger partial charge in [0.25, 0.3) is 0 Å². The predicted octanol–water partition coefficient (Wildman–Crippen LogP) is 4.94. The van der Waals surface area contributed by atoms with Crippen LogP contribution in [0.1, 0.15) is 22.3 Å². The van der Waals surface area contributed by atoms with Crippen molar-refractivity contribution in [2.24, 2.45) is 0 Å². The predicted molar refractivity (Wildman–Crippen MR) is 96.5 cm³/mol. The number of hydrogen-bond acceptors (Lipinski definition) is 4. The number of ketones is 1. The Kier molecular flexibility index (Phi) is 5.51.